The van der Waals surface area contributed by atoms with Crippen LogP contribution >= 0.6 is 15.9 Å². The molecular weight excluding hydrogens is 294 g/mol. The SMILES string of the molecule is Br[C@@H]1CC[C@H]2C[C@H]1OC(OCc1ccccc1)=N2. The van der Waals surface area contributed by atoms with Gasteiger partial charge in [-0.25, -0.2) is 4.99 Å². The summed E-state index contributed by atoms with van der Waals surface area (Å²) < 4.78 is 11.4. The van der Waals surface area contributed by atoms with Crippen molar-refractivity contribution in [2.75, 3.05) is 0 Å². The molecule has 0 radical (unpaired) electrons. The average Bonchev–Trinajstić information content (AvgIpc) is 2.42. The number of benzene rings is 1. The highest BCUT2D eigenvalue weighted by atomic mass is 79.9. The smallest absolute Gasteiger partial charge is 0.384 e. The molecule has 0 amide bonds. The lowest BCUT2D eigenvalue weighted by Crippen LogP contribution is -2.40. The number of hydrogen-bond acceptors (Lipinski definition) is 3. The number of fused-ring (bicyclic) bond motifs is 2. The van der Waals surface area contributed by atoms with Gasteiger partial charge in [-0.05, 0) is 18.4 Å². The van der Waals surface area contributed by atoms with Crippen molar-refractivity contribution in [1.29, 1.82) is 0 Å². The number of halogens is 1. The van der Waals surface area contributed by atoms with E-state index in [9.17, 15) is 0 Å². The fourth-order valence-corrected chi connectivity index (χ4v) is 3.00. The van der Waals surface area contributed by atoms with E-state index in [4.69, 9.17) is 9.47 Å². The second-order valence-corrected chi connectivity index (χ2v) is 5.98. The summed E-state index contributed by atoms with van der Waals surface area (Å²) >= 11 is 3.66. The molecule has 2 aliphatic rings. The molecular formula is C14H16BrNO2. The summed E-state index contributed by atoms with van der Waals surface area (Å²) in [5.74, 6) is 0. The van der Waals surface area contributed by atoms with E-state index in [1.54, 1.807) is 0 Å². The largest absolute Gasteiger partial charge is 0.446 e. The minimum atomic E-state index is 0.215. The van der Waals surface area contributed by atoms with Gasteiger partial charge in [0.25, 0.3) is 0 Å². The van der Waals surface area contributed by atoms with E-state index in [1.807, 2.05) is 30.3 Å². The summed E-state index contributed by atoms with van der Waals surface area (Å²) in [4.78, 5) is 4.93. The zero-order valence-electron chi connectivity index (χ0n) is 10.1. The van der Waals surface area contributed by atoms with Gasteiger partial charge in [0.1, 0.15) is 12.7 Å². The summed E-state index contributed by atoms with van der Waals surface area (Å²) in [7, 11) is 0. The fraction of sp³-hybridized carbons (Fsp3) is 0.500. The van der Waals surface area contributed by atoms with Crippen molar-refractivity contribution >= 4 is 22.0 Å². The van der Waals surface area contributed by atoms with E-state index in [-0.39, 0.29) is 6.10 Å². The van der Waals surface area contributed by atoms with Crippen molar-refractivity contribution in [2.24, 2.45) is 4.99 Å². The second kappa shape index (κ2) is 5.31. The van der Waals surface area contributed by atoms with Crippen LogP contribution in [-0.4, -0.2) is 23.1 Å². The topological polar surface area (TPSA) is 30.8 Å². The molecule has 4 heteroatoms. The zero-order valence-corrected chi connectivity index (χ0v) is 11.7. The Kier molecular flexibility index (Phi) is 3.55. The molecule has 3 rings (SSSR count). The number of ether oxygens (including phenoxy) is 2. The van der Waals surface area contributed by atoms with Crippen molar-refractivity contribution in [2.45, 2.75) is 42.8 Å². The Labute approximate surface area is 115 Å². The molecule has 3 atom stereocenters. The van der Waals surface area contributed by atoms with Crippen molar-refractivity contribution in [3.05, 3.63) is 35.9 Å². The molecule has 3 nitrogen and oxygen atoms in total. The van der Waals surface area contributed by atoms with Gasteiger partial charge in [-0.15, -0.1) is 0 Å². The van der Waals surface area contributed by atoms with E-state index in [1.165, 1.54) is 0 Å². The first-order chi connectivity index (χ1) is 8.81. The Hall–Kier alpha value is -1.03. The van der Waals surface area contributed by atoms with Crippen LogP contribution in [0.2, 0.25) is 0 Å². The first-order valence-corrected chi connectivity index (χ1v) is 7.28. The third-order valence-corrected chi connectivity index (χ3v) is 4.48. The van der Waals surface area contributed by atoms with Gasteiger partial charge in [0.05, 0.1) is 10.9 Å². The summed E-state index contributed by atoms with van der Waals surface area (Å²) in [5.41, 5.74) is 1.13. The minimum Gasteiger partial charge on any atom is -0.446 e. The van der Waals surface area contributed by atoms with E-state index < -0.39 is 0 Å². The van der Waals surface area contributed by atoms with Gasteiger partial charge >= 0.3 is 6.08 Å². The van der Waals surface area contributed by atoms with Crippen LogP contribution in [0.1, 0.15) is 24.8 Å². The number of alkyl halides is 1. The molecule has 0 saturated heterocycles. The maximum atomic E-state index is 5.77. The Morgan fingerprint density at radius 2 is 2.11 bits per heavy atom. The molecule has 18 heavy (non-hydrogen) atoms. The quantitative estimate of drug-likeness (QED) is 0.785. The summed E-state index contributed by atoms with van der Waals surface area (Å²) in [6.07, 6.45) is 3.93. The minimum absolute atomic E-state index is 0.215. The average molecular weight is 310 g/mol. The monoisotopic (exact) mass is 309 g/mol. The predicted molar refractivity (Wildman–Crippen MR) is 73.9 cm³/mol. The van der Waals surface area contributed by atoms with E-state index in [0.29, 0.717) is 23.6 Å². The van der Waals surface area contributed by atoms with Crippen LogP contribution in [0, 0.1) is 0 Å². The first kappa shape index (κ1) is 12.0. The highest BCUT2D eigenvalue weighted by Crippen LogP contribution is 2.32. The molecule has 1 aliphatic heterocycles. The Morgan fingerprint density at radius 3 is 2.94 bits per heavy atom. The maximum Gasteiger partial charge on any atom is 0.384 e. The fourth-order valence-electron chi connectivity index (χ4n) is 2.41. The number of hydrogen-bond donors (Lipinski definition) is 0. The van der Waals surface area contributed by atoms with Gasteiger partial charge in [0.2, 0.25) is 0 Å². The first-order valence-electron chi connectivity index (χ1n) is 6.36. The molecule has 0 spiro atoms. The molecule has 2 bridgehead atoms. The van der Waals surface area contributed by atoms with Crippen LogP contribution in [0.15, 0.2) is 35.3 Å². The molecule has 1 saturated carbocycles. The van der Waals surface area contributed by atoms with Crippen molar-refractivity contribution in [3.8, 4) is 0 Å². The van der Waals surface area contributed by atoms with Gasteiger partial charge in [0.15, 0.2) is 0 Å². The molecule has 1 fully saturated rings. The van der Waals surface area contributed by atoms with Crippen molar-refractivity contribution < 1.29 is 9.47 Å². The third-order valence-electron chi connectivity index (χ3n) is 3.43. The van der Waals surface area contributed by atoms with Crippen LogP contribution in [0.4, 0.5) is 0 Å². The molecule has 1 aliphatic carbocycles. The standard InChI is InChI=1S/C14H16BrNO2/c15-12-7-6-11-8-13(12)18-14(16-11)17-9-10-4-2-1-3-5-10/h1-5,11-13H,6-9H2/t11-,12+,13+/m0/s1. The molecule has 1 heterocycles. The zero-order chi connectivity index (χ0) is 12.4. The van der Waals surface area contributed by atoms with Crippen LogP contribution < -0.4 is 0 Å². The Balaban J connectivity index is 1.62. The van der Waals surface area contributed by atoms with Gasteiger partial charge < -0.3 is 9.47 Å². The lowest BCUT2D eigenvalue weighted by Gasteiger charge is -2.35. The van der Waals surface area contributed by atoms with Crippen LogP contribution in [-0.2, 0) is 16.1 Å². The van der Waals surface area contributed by atoms with Crippen molar-refractivity contribution in [3.63, 3.8) is 0 Å². The molecule has 0 N–H and O–H groups in total. The summed E-state index contributed by atoms with van der Waals surface area (Å²) in [6.45, 7) is 0.520. The van der Waals surface area contributed by atoms with Gasteiger partial charge in [-0.3, -0.25) is 0 Å². The van der Waals surface area contributed by atoms with Crippen LogP contribution in [0.3, 0.4) is 0 Å². The van der Waals surface area contributed by atoms with Crippen LogP contribution in [0.5, 0.6) is 0 Å². The summed E-state index contributed by atoms with van der Waals surface area (Å²) in [5, 5.41) is 0. The Bertz CT molecular complexity index is 435. The second-order valence-electron chi connectivity index (χ2n) is 4.81. The molecule has 96 valence electrons. The number of nitrogens with zero attached hydrogens (tertiary/aromatic N) is 1. The number of aliphatic imine (C=N–C) groups is 1. The van der Waals surface area contributed by atoms with Crippen LogP contribution in [0.25, 0.3) is 0 Å². The summed E-state index contributed by atoms with van der Waals surface area (Å²) in [6, 6.07) is 10.5. The predicted octanol–water partition coefficient (Wildman–Crippen LogP) is 3.27. The highest BCUT2D eigenvalue weighted by Gasteiger charge is 2.35. The Morgan fingerprint density at radius 1 is 1.28 bits per heavy atom. The van der Waals surface area contributed by atoms with Gasteiger partial charge in [0, 0.05) is 6.42 Å². The molecule has 0 aromatic heterocycles. The normalized spacial score (nSPS) is 30.3. The molecule has 1 aromatic rings. The van der Waals surface area contributed by atoms with Gasteiger partial charge in [-0.2, -0.15) is 0 Å². The van der Waals surface area contributed by atoms with E-state index >= 15 is 0 Å². The van der Waals surface area contributed by atoms with E-state index in [0.717, 1.165) is 24.8 Å². The maximum absolute atomic E-state index is 5.77. The number of rotatable bonds is 2. The molecule has 0 unspecified atom stereocenters. The lowest BCUT2D eigenvalue weighted by molar-refractivity contribution is 0.0571. The van der Waals surface area contributed by atoms with Gasteiger partial charge in [-0.1, -0.05) is 46.3 Å². The van der Waals surface area contributed by atoms with Crippen molar-refractivity contribution in [1.82, 2.24) is 0 Å². The lowest BCUT2D eigenvalue weighted by atomic mass is 9.92. The third kappa shape index (κ3) is 2.69. The highest BCUT2D eigenvalue weighted by molar-refractivity contribution is 9.09. The molecule has 1 aromatic carbocycles. The van der Waals surface area contributed by atoms with E-state index in [2.05, 4.69) is 20.9 Å².